The molecular weight excluding hydrogens is 236 g/mol. The molecule has 0 aliphatic carbocycles. The molecule has 0 saturated carbocycles. The van der Waals surface area contributed by atoms with Gasteiger partial charge in [-0.1, -0.05) is 18.2 Å². The monoisotopic (exact) mass is 250 g/mol. The van der Waals surface area contributed by atoms with Crippen molar-refractivity contribution in [1.29, 1.82) is 0 Å². The number of hydrogen-bond donors (Lipinski definition) is 0. The predicted octanol–water partition coefficient (Wildman–Crippen LogP) is 2.72. The number of rotatable bonds is 4. The van der Waals surface area contributed by atoms with Gasteiger partial charge in [0.25, 0.3) is 0 Å². The molecule has 0 saturated heterocycles. The highest BCUT2D eigenvalue weighted by atomic mass is 35.5. The number of aryl methyl sites for hydroxylation is 1. The van der Waals surface area contributed by atoms with E-state index in [1.165, 1.54) is 0 Å². The fraction of sp³-hybridized carbons (Fsp3) is 0.417. The molecule has 17 heavy (non-hydrogen) atoms. The van der Waals surface area contributed by atoms with Crippen molar-refractivity contribution in [2.45, 2.75) is 32.2 Å². The second-order valence-corrected chi connectivity index (χ2v) is 4.61. The summed E-state index contributed by atoms with van der Waals surface area (Å²) >= 11 is 6.10. The van der Waals surface area contributed by atoms with Gasteiger partial charge in [0.05, 0.1) is 18.1 Å². The Kier molecular flexibility index (Phi) is 3.74. The Morgan fingerprint density at radius 3 is 2.94 bits per heavy atom. The molecule has 0 aliphatic heterocycles. The van der Waals surface area contributed by atoms with Crippen molar-refractivity contribution in [2.24, 2.45) is 0 Å². The molecule has 0 aliphatic rings. The molecule has 4 nitrogen and oxygen atoms in total. The average Bonchev–Trinajstić information content (AvgIpc) is 2.76. The van der Waals surface area contributed by atoms with E-state index in [0.717, 1.165) is 23.2 Å². The molecule has 0 radical (unpaired) electrons. The van der Waals surface area contributed by atoms with Gasteiger partial charge in [0, 0.05) is 12.4 Å². The lowest BCUT2D eigenvalue weighted by Crippen LogP contribution is -2.01. The lowest BCUT2D eigenvalue weighted by atomic mass is 10.2. The normalized spacial score (nSPS) is 12.6. The number of hydrogen-bond acceptors (Lipinski definition) is 3. The van der Waals surface area contributed by atoms with Crippen molar-refractivity contribution in [2.75, 3.05) is 0 Å². The maximum absolute atomic E-state index is 6.10. The molecule has 0 spiro atoms. The Hall–Kier alpha value is -1.42. The van der Waals surface area contributed by atoms with Crippen LogP contribution in [0, 0.1) is 6.92 Å². The molecule has 0 bridgehead atoms. The molecule has 0 N–H and O–H groups in total. The summed E-state index contributed by atoms with van der Waals surface area (Å²) in [7, 11) is 0. The van der Waals surface area contributed by atoms with Crippen LogP contribution in [0.4, 0.5) is 0 Å². The molecule has 2 heterocycles. The predicted molar refractivity (Wildman–Crippen MR) is 67.0 cm³/mol. The number of pyridine rings is 1. The van der Waals surface area contributed by atoms with Gasteiger partial charge in [0.2, 0.25) is 0 Å². The van der Waals surface area contributed by atoms with E-state index in [1.54, 1.807) is 4.68 Å². The highest BCUT2D eigenvalue weighted by Gasteiger charge is 2.10. The SMILES string of the molecule is CCC(Cl)c1cn(Cc2cncc(C)c2)nn1. The summed E-state index contributed by atoms with van der Waals surface area (Å²) in [5.41, 5.74) is 3.09. The number of aromatic nitrogens is 4. The van der Waals surface area contributed by atoms with E-state index < -0.39 is 0 Å². The van der Waals surface area contributed by atoms with Gasteiger partial charge in [-0.15, -0.1) is 16.7 Å². The zero-order valence-corrected chi connectivity index (χ0v) is 10.7. The maximum atomic E-state index is 6.10. The Morgan fingerprint density at radius 1 is 1.41 bits per heavy atom. The largest absolute Gasteiger partial charge is 0.264 e. The third-order valence-corrected chi connectivity index (χ3v) is 3.04. The Balaban J connectivity index is 2.11. The molecule has 1 atom stereocenters. The van der Waals surface area contributed by atoms with Crippen LogP contribution >= 0.6 is 11.6 Å². The second-order valence-electron chi connectivity index (χ2n) is 4.09. The van der Waals surface area contributed by atoms with Crippen LogP contribution in [0.2, 0.25) is 0 Å². The fourth-order valence-corrected chi connectivity index (χ4v) is 1.73. The van der Waals surface area contributed by atoms with Gasteiger partial charge in [-0.25, -0.2) is 4.68 Å². The minimum Gasteiger partial charge on any atom is -0.264 e. The average molecular weight is 251 g/mol. The molecule has 2 aromatic rings. The summed E-state index contributed by atoms with van der Waals surface area (Å²) in [5, 5.41) is 8.07. The first-order valence-corrected chi connectivity index (χ1v) is 6.07. The fourth-order valence-electron chi connectivity index (χ4n) is 1.63. The molecule has 5 heteroatoms. The van der Waals surface area contributed by atoms with Crippen LogP contribution < -0.4 is 0 Å². The molecule has 0 amide bonds. The Bertz CT molecular complexity index is 495. The molecular formula is C12H15ClN4. The van der Waals surface area contributed by atoms with Crippen molar-refractivity contribution in [1.82, 2.24) is 20.0 Å². The van der Waals surface area contributed by atoms with Crippen molar-refractivity contribution < 1.29 is 0 Å². The van der Waals surface area contributed by atoms with E-state index in [0.29, 0.717) is 6.54 Å². The van der Waals surface area contributed by atoms with Crippen molar-refractivity contribution in [3.05, 3.63) is 41.5 Å². The third-order valence-electron chi connectivity index (χ3n) is 2.51. The quantitative estimate of drug-likeness (QED) is 0.784. The summed E-state index contributed by atoms with van der Waals surface area (Å²) in [4.78, 5) is 4.15. The van der Waals surface area contributed by atoms with Gasteiger partial charge in [0.1, 0.15) is 5.69 Å². The van der Waals surface area contributed by atoms with E-state index in [1.807, 2.05) is 32.4 Å². The minimum atomic E-state index is -0.0561. The van der Waals surface area contributed by atoms with Crippen LogP contribution in [0.25, 0.3) is 0 Å². The molecule has 90 valence electrons. The lowest BCUT2D eigenvalue weighted by molar-refractivity contribution is 0.647. The van der Waals surface area contributed by atoms with E-state index >= 15 is 0 Å². The molecule has 2 aromatic heterocycles. The summed E-state index contributed by atoms with van der Waals surface area (Å²) in [6.07, 6.45) is 6.42. The van der Waals surface area contributed by atoms with Crippen molar-refractivity contribution in [3.8, 4) is 0 Å². The van der Waals surface area contributed by atoms with Crippen LogP contribution in [-0.2, 0) is 6.54 Å². The van der Waals surface area contributed by atoms with Gasteiger partial charge in [-0.3, -0.25) is 4.98 Å². The summed E-state index contributed by atoms with van der Waals surface area (Å²) in [5.74, 6) is 0. The zero-order chi connectivity index (χ0) is 12.3. The highest BCUT2D eigenvalue weighted by Crippen LogP contribution is 2.20. The van der Waals surface area contributed by atoms with E-state index in [2.05, 4.69) is 21.4 Å². The van der Waals surface area contributed by atoms with E-state index in [4.69, 9.17) is 11.6 Å². The molecule has 0 aromatic carbocycles. The first-order valence-electron chi connectivity index (χ1n) is 5.63. The highest BCUT2D eigenvalue weighted by molar-refractivity contribution is 6.20. The molecule has 1 unspecified atom stereocenters. The summed E-state index contributed by atoms with van der Waals surface area (Å²) in [6, 6.07) is 2.09. The van der Waals surface area contributed by atoms with E-state index in [-0.39, 0.29) is 5.38 Å². The minimum absolute atomic E-state index is 0.0561. The molecule has 0 fully saturated rings. The number of nitrogens with zero attached hydrogens (tertiary/aromatic N) is 4. The van der Waals surface area contributed by atoms with Gasteiger partial charge >= 0.3 is 0 Å². The number of alkyl halides is 1. The lowest BCUT2D eigenvalue weighted by Gasteiger charge is -2.01. The topological polar surface area (TPSA) is 43.6 Å². The second kappa shape index (κ2) is 5.27. The van der Waals surface area contributed by atoms with Crippen molar-refractivity contribution >= 4 is 11.6 Å². The smallest absolute Gasteiger partial charge is 0.101 e. The van der Waals surface area contributed by atoms with Crippen LogP contribution in [-0.4, -0.2) is 20.0 Å². The summed E-state index contributed by atoms with van der Waals surface area (Å²) in [6.45, 7) is 4.73. The van der Waals surface area contributed by atoms with Crippen LogP contribution in [0.5, 0.6) is 0 Å². The summed E-state index contributed by atoms with van der Waals surface area (Å²) < 4.78 is 1.79. The maximum Gasteiger partial charge on any atom is 0.101 e. The Labute approximate surface area is 106 Å². The third kappa shape index (κ3) is 3.03. The number of halogens is 1. The van der Waals surface area contributed by atoms with E-state index in [9.17, 15) is 0 Å². The van der Waals surface area contributed by atoms with Crippen LogP contribution in [0.15, 0.2) is 24.7 Å². The van der Waals surface area contributed by atoms with Crippen LogP contribution in [0.1, 0.15) is 35.5 Å². The van der Waals surface area contributed by atoms with Gasteiger partial charge in [0.15, 0.2) is 0 Å². The Morgan fingerprint density at radius 2 is 2.24 bits per heavy atom. The van der Waals surface area contributed by atoms with Crippen LogP contribution in [0.3, 0.4) is 0 Å². The first-order chi connectivity index (χ1) is 8.19. The van der Waals surface area contributed by atoms with Gasteiger partial charge in [-0.05, 0) is 24.5 Å². The zero-order valence-electron chi connectivity index (χ0n) is 9.97. The first kappa shape index (κ1) is 12.0. The van der Waals surface area contributed by atoms with Gasteiger partial charge < -0.3 is 0 Å². The molecule has 2 rings (SSSR count). The standard InChI is InChI=1S/C12H15ClN4/c1-3-11(13)12-8-17(16-15-12)7-10-4-9(2)5-14-6-10/h4-6,8,11H,3,7H2,1-2H3. The van der Waals surface area contributed by atoms with Gasteiger partial charge in [-0.2, -0.15) is 0 Å². The van der Waals surface area contributed by atoms with Crippen molar-refractivity contribution in [3.63, 3.8) is 0 Å².